The zero-order valence-electron chi connectivity index (χ0n) is 18.7. The molecule has 1 aliphatic heterocycles. The Bertz CT molecular complexity index is 980. The first kappa shape index (κ1) is 23.1. The van der Waals surface area contributed by atoms with Gasteiger partial charge in [0.05, 0.1) is 18.8 Å². The Morgan fingerprint density at radius 2 is 1.65 bits per heavy atom. The van der Waals surface area contributed by atoms with E-state index in [9.17, 15) is 23.1 Å². The number of carbonyl (C=O) groups excluding carboxylic acids is 1. The van der Waals surface area contributed by atoms with Crippen LogP contribution in [0, 0.1) is 19.3 Å². The molecule has 1 unspecified atom stereocenters. The van der Waals surface area contributed by atoms with Crippen LogP contribution in [0.1, 0.15) is 50.2 Å². The first-order valence-electron chi connectivity index (χ1n) is 10.1. The van der Waals surface area contributed by atoms with E-state index in [1.807, 2.05) is 30.9 Å². The molecule has 3 rings (SSSR count). The molecule has 0 saturated heterocycles. The molecule has 6 nitrogen and oxygen atoms in total. The third-order valence-electron chi connectivity index (χ3n) is 6.11. The molecule has 1 atom stereocenters. The van der Waals surface area contributed by atoms with Gasteiger partial charge in [-0.25, -0.2) is 0 Å². The van der Waals surface area contributed by atoms with E-state index >= 15 is 0 Å². The predicted octanol–water partition coefficient (Wildman–Crippen LogP) is 4.27. The fourth-order valence-electron chi connectivity index (χ4n) is 3.52. The van der Waals surface area contributed by atoms with E-state index in [1.165, 1.54) is 11.6 Å². The number of aliphatic hydroxyl groups is 1. The number of halogens is 3. The first-order chi connectivity index (χ1) is 14.1. The van der Waals surface area contributed by atoms with Crippen molar-refractivity contribution in [1.82, 2.24) is 9.78 Å². The van der Waals surface area contributed by atoms with Gasteiger partial charge in [-0.3, -0.25) is 9.48 Å². The number of alkyl halides is 3. The molecule has 170 valence electrons. The first-order valence-corrected chi connectivity index (χ1v) is 10.1. The van der Waals surface area contributed by atoms with E-state index in [4.69, 9.17) is 0 Å². The number of amides is 1. The number of rotatable bonds is 3. The van der Waals surface area contributed by atoms with Crippen molar-refractivity contribution >= 4 is 17.3 Å². The number of carbonyl (C=O) groups is 1. The lowest BCUT2D eigenvalue weighted by molar-refractivity contribution is -0.143. The molecule has 0 radical (unpaired) electrons. The van der Waals surface area contributed by atoms with Crippen molar-refractivity contribution in [3.63, 3.8) is 0 Å². The van der Waals surface area contributed by atoms with Crippen LogP contribution in [0.4, 0.5) is 24.5 Å². The number of anilines is 2. The number of fused-ring (bicyclic) bond motifs is 1. The van der Waals surface area contributed by atoms with Gasteiger partial charge in [-0.05, 0) is 55.5 Å². The number of benzene rings is 1. The maximum absolute atomic E-state index is 13.0. The molecule has 1 aliphatic rings. The fourth-order valence-corrected chi connectivity index (χ4v) is 3.52. The molecule has 2 heterocycles. The highest BCUT2D eigenvalue weighted by Gasteiger charge is 2.42. The Labute approximate surface area is 180 Å². The van der Waals surface area contributed by atoms with Crippen molar-refractivity contribution in [3.8, 4) is 0 Å². The Balaban J connectivity index is 1.83. The number of hydrogen-bond donors (Lipinski definition) is 2. The summed E-state index contributed by atoms with van der Waals surface area (Å²) in [6.07, 6.45) is -4.46. The lowest BCUT2D eigenvalue weighted by atomic mass is 9.77. The molecule has 1 aromatic heterocycles. The zero-order valence-corrected chi connectivity index (χ0v) is 18.7. The second-order valence-electron chi connectivity index (χ2n) is 9.39. The Morgan fingerprint density at radius 1 is 1.06 bits per heavy atom. The van der Waals surface area contributed by atoms with Crippen molar-refractivity contribution < 1.29 is 23.1 Å². The predicted molar refractivity (Wildman–Crippen MR) is 113 cm³/mol. The molecule has 2 aromatic rings. The summed E-state index contributed by atoms with van der Waals surface area (Å²) < 4.78 is 40.3. The minimum absolute atomic E-state index is 0.312. The molecule has 0 spiro atoms. The van der Waals surface area contributed by atoms with E-state index in [0.717, 1.165) is 22.9 Å². The smallest absolute Gasteiger partial charge is 0.380 e. The molecule has 1 aromatic carbocycles. The van der Waals surface area contributed by atoms with Gasteiger partial charge >= 0.3 is 6.18 Å². The van der Waals surface area contributed by atoms with Crippen molar-refractivity contribution in [3.05, 3.63) is 40.7 Å². The highest BCUT2D eigenvalue weighted by molar-refractivity contribution is 5.98. The summed E-state index contributed by atoms with van der Waals surface area (Å²) in [7, 11) is 0. The molecule has 0 aliphatic carbocycles. The van der Waals surface area contributed by atoms with E-state index in [1.54, 1.807) is 20.8 Å². The largest absolute Gasteiger partial charge is 0.435 e. The van der Waals surface area contributed by atoms with Crippen LogP contribution in [0.5, 0.6) is 0 Å². The van der Waals surface area contributed by atoms with Crippen LogP contribution in [0.3, 0.4) is 0 Å². The van der Waals surface area contributed by atoms with E-state index in [-0.39, 0.29) is 0 Å². The fraction of sp³-hybridized carbons (Fsp3) is 0.545. The van der Waals surface area contributed by atoms with Crippen LogP contribution in [-0.2, 0) is 24.1 Å². The van der Waals surface area contributed by atoms with E-state index in [2.05, 4.69) is 10.4 Å². The van der Waals surface area contributed by atoms with Crippen LogP contribution in [0.25, 0.3) is 0 Å². The topological polar surface area (TPSA) is 70.4 Å². The minimum Gasteiger partial charge on any atom is -0.380 e. The third kappa shape index (κ3) is 4.42. The number of aromatic nitrogens is 2. The molecular weight excluding hydrogens is 409 g/mol. The van der Waals surface area contributed by atoms with Crippen molar-refractivity contribution in [1.29, 1.82) is 0 Å². The van der Waals surface area contributed by atoms with Gasteiger partial charge in [-0.2, -0.15) is 18.3 Å². The lowest BCUT2D eigenvalue weighted by Gasteiger charge is -2.36. The van der Waals surface area contributed by atoms with Gasteiger partial charge in [0.25, 0.3) is 5.91 Å². The molecule has 1 amide bonds. The Kier molecular flexibility index (Phi) is 5.63. The summed E-state index contributed by atoms with van der Waals surface area (Å²) in [6.45, 7) is 11.8. The maximum Gasteiger partial charge on any atom is 0.435 e. The van der Waals surface area contributed by atoms with Gasteiger partial charge in [0.2, 0.25) is 0 Å². The lowest BCUT2D eigenvalue weighted by Crippen LogP contribution is -2.50. The number of aryl methyl sites for hydroxylation is 2. The molecule has 31 heavy (non-hydrogen) atoms. The van der Waals surface area contributed by atoms with Gasteiger partial charge < -0.3 is 15.3 Å². The zero-order chi connectivity index (χ0) is 23.4. The van der Waals surface area contributed by atoms with E-state index < -0.39 is 28.8 Å². The highest BCUT2D eigenvalue weighted by atomic mass is 19.4. The van der Waals surface area contributed by atoms with Crippen LogP contribution in [-0.4, -0.2) is 32.9 Å². The molecule has 9 heteroatoms. The third-order valence-corrected chi connectivity index (χ3v) is 6.11. The second kappa shape index (κ2) is 7.55. The number of nitrogens with zero attached hydrogens (tertiary/aromatic N) is 3. The Hall–Kier alpha value is -2.55. The van der Waals surface area contributed by atoms with E-state index in [0.29, 0.717) is 31.0 Å². The van der Waals surface area contributed by atoms with Crippen molar-refractivity contribution in [2.24, 2.45) is 5.41 Å². The average Bonchev–Trinajstić information content (AvgIpc) is 3.07. The summed E-state index contributed by atoms with van der Waals surface area (Å²) in [5, 5.41) is 17.2. The van der Waals surface area contributed by atoms with Gasteiger partial charge in [-0.15, -0.1) is 0 Å². The molecule has 0 saturated carbocycles. The highest BCUT2D eigenvalue weighted by Crippen LogP contribution is 2.35. The van der Waals surface area contributed by atoms with Gasteiger partial charge in [0.15, 0.2) is 5.69 Å². The van der Waals surface area contributed by atoms with Crippen LogP contribution >= 0.6 is 0 Å². The van der Waals surface area contributed by atoms with Gasteiger partial charge in [0.1, 0.15) is 5.60 Å². The summed E-state index contributed by atoms with van der Waals surface area (Å²) in [4.78, 5) is 14.7. The maximum atomic E-state index is 13.0. The SMILES string of the molecule is Cc1cc(N2CCn3nc(C(F)(F)F)cc3C2)cc(C)c1NC(=O)C(C)(O)C(C)(C)C. The quantitative estimate of drug-likeness (QED) is 0.751. The van der Waals surface area contributed by atoms with Crippen LogP contribution in [0.2, 0.25) is 0 Å². The summed E-state index contributed by atoms with van der Waals surface area (Å²) >= 11 is 0. The van der Waals surface area contributed by atoms with Crippen molar-refractivity contribution in [2.45, 2.75) is 66.4 Å². The average molecular weight is 438 g/mol. The second-order valence-corrected chi connectivity index (χ2v) is 9.39. The monoisotopic (exact) mass is 438 g/mol. The van der Waals surface area contributed by atoms with Gasteiger partial charge in [0, 0.05) is 17.9 Å². The molecular formula is C22H29F3N4O2. The normalized spacial score (nSPS) is 16.6. The Morgan fingerprint density at radius 3 is 2.16 bits per heavy atom. The number of hydrogen-bond acceptors (Lipinski definition) is 4. The summed E-state index contributed by atoms with van der Waals surface area (Å²) in [5.41, 5.74) is 0.521. The van der Waals surface area contributed by atoms with Crippen molar-refractivity contribution in [2.75, 3.05) is 16.8 Å². The summed E-state index contributed by atoms with van der Waals surface area (Å²) in [6, 6.07) is 4.88. The molecule has 0 fully saturated rings. The standard InChI is InChI=1S/C22H29F3N4O2/c1-13-9-15(10-14(2)18(13)26-19(30)21(6,31)20(3,4)5)28-7-8-29-16(12-28)11-17(27-29)22(23,24)25/h9-11,31H,7-8,12H2,1-6H3,(H,26,30). The van der Waals surface area contributed by atoms with Crippen LogP contribution < -0.4 is 10.2 Å². The summed E-state index contributed by atoms with van der Waals surface area (Å²) in [5.74, 6) is -0.486. The molecule has 0 bridgehead atoms. The van der Waals surface area contributed by atoms with Crippen LogP contribution in [0.15, 0.2) is 18.2 Å². The van der Waals surface area contributed by atoms with Gasteiger partial charge in [-0.1, -0.05) is 20.8 Å². The number of nitrogens with one attached hydrogen (secondary N) is 1. The molecule has 2 N–H and O–H groups in total. The minimum atomic E-state index is -4.46.